The Morgan fingerprint density at radius 1 is 0.974 bits per heavy atom. The molecule has 2 aromatic heterocycles. The van der Waals surface area contributed by atoms with Gasteiger partial charge in [0.25, 0.3) is 11.6 Å². The van der Waals surface area contributed by atoms with Crippen LogP contribution in [0.3, 0.4) is 0 Å². The first-order valence-corrected chi connectivity index (χ1v) is 13.3. The largest absolute Gasteiger partial charge is 0.744 e. The molecule has 0 aliphatic heterocycles. The first-order chi connectivity index (χ1) is 18.6. The number of carbonyl (C=O) groups excluding carboxylic acids is 1. The van der Waals surface area contributed by atoms with E-state index >= 15 is 0 Å². The number of nitrogens with zero attached hydrogens (tertiary/aromatic N) is 3. The number of nitrogens with one attached hydrogen (secondary N) is 1. The van der Waals surface area contributed by atoms with Crippen LogP contribution in [0.5, 0.6) is 0 Å². The minimum absolute atomic E-state index is 0.178. The first-order valence-electron chi connectivity index (χ1n) is 11.9. The maximum Gasteiger partial charge on any atom is 0.286 e. The second-order valence-electron chi connectivity index (χ2n) is 8.75. The van der Waals surface area contributed by atoms with E-state index < -0.39 is 10.1 Å². The normalized spacial score (nSPS) is 11.3. The number of pyridine rings is 1. The predicted molar refractivity (Wildman–Crippen MR) is 149 cm³/mol. The monoisotopic (exact) mass is 541 g/mol. The van der Waals surface area contributed by atoms with Gasteiger partial charge in [-0.1, -0.05) is 35.9 Å². The number of benzene rings is 3. The van der Waals surface area contributed by atoms with Crippen LogP contribution in [0, 0.1) is 6.92 Å². The van der Waals surface area contributed by atoms with Crippen LogP contribution in [0.2, 0.25) is 0 Å². The molecule has 0 fully saturated rings. The van der Waals surface area contributed by atoms with Crippen molar-refractivity contribution >= 4 is 33.6 Å². The molecule has 198 valence electrons. The van der Waals surface area contributed by atoms with Crippen molar-refractivity contribution in [1.82, 2.24) is 9.99 Å². The van der Waals surface area contributed by atoms with Gasteiger partial charge in [-0.3, -0.25) is 4.79 Å². The van der Waals surface area contributed by atoms with E-state index in [1.165, 1.54) is 12.1 Å². The molecule has 0 unspecified atom stereocenters. The molecule has 0 spiro atoms. The molecule has 0 atom stereocenters. The van der Waals surface area contributed by atoms with Crippen LogP contribution in [-0.2, 0) is 17.2 Å². The first kappa shape index (κ1) is 27.2. The number of imidazole rings is 1. The van der Waals surface area contributed by atoms with Gasteiger partial charge in [-0.05, 0) is 67.1 Å². The molecular formula is C29H27N5O4S. The van der Waals surface area contributed by atoms with Gasteiger partial charge in [0.2, 0.25) is 0 Å². The maximum atomic E-state index is 12.0. The molecular weight excluding hydrogens is 514 g/mol. The molecule has 5 aromatic rings. The summed E-state index contributed by atoms with van der Waals surface area (Å²) in [7, 11) is -2.22. The molecule has 0 saturated carbocycles. The molecule has 1 amide bonds. The highest BCUT2D eigenvalue weighted by molar-refractivity contribution is 7.85. The van der Waals surface area contributed by atoms with Gasteiger partial charge in [0.05, 0.1) is 24.4 Å². The Balaban J connectivity index is 0.000000270. The van der Waals surface area contributed by atoms with E-state index in [2.05, 4.69) is 31.8 Å². The zero-order chi connectivity index (χ0) is 28.0. The van der Waals surface area contributed by atoms with E-state index in [9.17, 15) is 17.8 Å². The number of aromatic nitrogens is 2. The summed E-state index contributed by atoms with van der Waals surface area (Å²) in [6.45, 7) is 1.82. The Kier molecular flexibility index (Phi) is 8.18. The molecule has 3 aromatic carbocycles. The van der Waals surface area contributed by atoms with Crippen LogP contribution < -0.4 is 15.6 Å². The summed E-state index contributed by atoms with van der Waals surface area (Å²) in [5, 5.41) is 4.03. The van der Waals surface area contributed by atoms with Crippen molar-refractivity contribution < 1.29 is 22.2 Å². The number of anilines is 1. The second kappa shape index (κ2) is 11.7. The lowest BCUT2D eigenvalue weighted by Gasteiger charge is -2.05. The highest BCUT2D eigenvalue weighted by atomic mass is 32.2. The van der Waals surface area contributed by atoms with Gasteiger partial charge < -0.3 is 10.3 Å². The van der Waals surface area contributed by atoms with Gasteiger partial charge in [-0.2, -0.15) is 5.10 Å². The summed E-state index contributed by atoms with van der Waals surface area (Å²) in [5.74, 6) is -0.277. The Morgan fingerprint density at radius 2 is 1.64 bits per heavy atom. The van der Waals surface area contributed by atoms with Gasteiger partial charge in [-0.25, -0.2) is 22.8 Å². The smallest absolute Gasteiger partial charge is 0.286 e. The lowest BCUT2D eigenvalue weighted by Crippen LogP contribution is -2.17. The number of hydrogen-bond acceptors (Lipinski definition) is 6. The second-order valence-corrected chi connectivity index (χ2v) is 10.1. The Labute approximate surface area is 226 Å². The molecule has 2 heterocycles. The molecule has 3 N–H and O–H groups in total. The third kappa shape index (κ3) is 6.95. The quantitative estimate of drug-likeness (QED) is 0.115. The fourth-order valence-corrected chi connectivity index (χ4v) is 4.23. The van der Waals surface area contributed by atoms with Crippen molar-refractivity contribution in [2.75, 3.05) is 5.73 Å². The van der Waals surface area contributed by atoms with E-state index in [0.717, 1.165) is 28.0 Å². The number of hydrazone groups is 1. The molecule has 5 rings (SSSR count). The summed E-state index contributed by atoms with van der Waals surface area (Å²) in [6, 6.07) is 26.6. The number of fused-ring (bicyclic) bond motifs is 1. The number of carbonyl (C=O) groups is 1. The van der Waals surface area contributed by atoms with Crippen LogP contribution in [0.25, 0.3) is 16.9 Å². The molecule has 9 nitrogen and oxygen atoms in total. The van der Waals surface area contributed by atoms with E-state index in [1.807, 2.05) is 56.6 Å². The summed E-state index contributed by atoms with van der Waals surface area (Å²) in [5.41, 5.74) is 14.4. The third-order valence-electron chi connectivity index (χ3n) is 5.90. The van der Waals surface area contributed by atoms with Crippen molar-refractivity contribution in [1.29, 1.82) is 0 Å². The zero-order valence-electron chi connectivity index (χ0n) is 21.4. The van der Waals surface area contributed by atoms with E-state index in [1.54, 1.807) is 42.6 Å². The average Bonchev–Trinajstić information content (AvgIpc) is 3.26. The van der Waals surface area contributed by atoms with Crippen LogP contribution in [0.1, 0.15) is 21.5 Å². The molecule has 0 bridgehead atoms. The van der Waals surface area contributed by atoms with Crippen molar-refractivity contribution in [2.24, 2.45) is 12.1 Å². The highest BCUT2D eigenvalue weighted by Crippen LogP contribution is 2.19. The van der Waals surface area contributed by atoms with Crippen LogP contribution in [0.4, 0.5) is 5.69 Å². The summed E-state index contributed by atoms with van der Waals surface area (Å²) < 4.78 is 35.4. The molecule has 0 saturated heterocycles. The lowest BCUT2D eigenvalue weighted by molar-refractivity contribution is -0.510. The average molecular weight is 542 g/mol. The van der Waals surface area contributed by atoms with E-state index in [-0.39, 0.29) is 10.8 Å². The number of nitrogens with two attached hydrogens (primary N) is 1. The maximum absolute atomic E-state index is 12.0. The van der Waals surface area contributed by atoms with Crippen molar-refractivity contribution in [3.63, 3.8) is 0 Å². The van der Waals surface area contributed by atoms with Crippen molar-refractivity contribution in [3.05, 3.63) is 120 Å². The SMILES string of the molecule is Cc1ccc(S(=O)(=O)[O-])cc1.Cn1c(-c2ccc(/C=N/NC(=O)c3ccc(N)cc3)cc2)c[n+]2ccccc12. The molecule has 0 radical (unpaired) electrons. The predicted octanol–water partition coefficient (Wildman–Crippen LogP) is 3.68. The Hall–Kier alpha value is -4.80. The number of rotatable bonds is 5. The minimum Gasteiger partial charge on any atom is -0.744 e. The van der Waals surface area contributed by atoms with Gasteiger partial charge in [-0.15, -0.1) is 0 Å². The molecule has 0 aliphatic carbocycles. The van der Waals surface area contributed by atoms with Crippen molar-refractivity contribution in [3.8, 4) is 11.3 Å². The zero-order valence-corrected chi connectivity index (χ0v) is 22.2. The van der Waals surface area contributed by atoms with Gasteiger partial charge in [0, 0.05) is 22.9 Å². The molecule has 0 aliphatic rings. The van der Waals surface area contributed by atoms with Gasteiger partial charge >= 0.3 is 0 Å². The van der Waals surface area contributed by atoms with E-state index in [4.69, 9.17) is 5.73 Å². The van der Waals surface area contributed by atoms with Crippen LogP contribution >= 0.6 is 0 Å². The number of nitrogen functional groups attached to an aromatic ring is 1. The summed E-state index contributed by atoms with van der Waals surface area (Å²) in [6.07, 6.45) is 5.75. The summed E-state index contributed by atoms with van der Waals surface area (Å²) in [4.78, 5) is 11.9. The lowest BCUT2D eigenvalue weighted by atomic mass is 10.1. The number of amides is 1. The van der Waals surface area contributed by atoms with Gasteiger partial charge in [0.1, 0.15) is 16.3 Å². The standard InChI is InChI=1S/C22H19N5O.C7H8O3S/c1-26-20(15-27-13-3-2-4-21(26)27)17-7-5-16(6-8-17)14-24-25-22(28)18-9-11-19(23)12-10-18;1-6-2-4-7(5-3-6)11(8,9)10/h2-15H,1H3,(H2-,23,25,28);2-5H,1H3,(H,8,9,10)/b24-14+;. The fraction of sp³-hybridized carbons (Fsp3) is 0.0690. The van der Waals surface area contributed by atoms with Crippen LogP contribution in [-0.4, -0.2) is 29.7 Å². The topological polar surface area (TPSA) is 134 Å². The molecule has 10 heteroatoms. The number of hydrogen-bond donors (Lipinski definition) is 2. The summed E-state index contributed by atoms with van der Waals surface area (Å²) >= 11 is 0. The highest BCUT2D eigenvalue weighted by Gasteiger charge is 2.14. The Bertz CT molecular complexity index is 1730. The molecule has 39 heavy (non-hydrogen) atoms. The van der Waals surface area contributed by atoms with Gasteiger partial charge in [0.15, 0.2) is 5.69 Å². The van der Waals surface area contributed by atoms with E-state index in [0.29, 0.717) is 11.3 Å². The Morgan fingerprint density at radius 3 is 2.26 bits per heavy atom. The third-order valence-corrected chi connectivity index (χ3v) is 6.75. The fourth-order valence-electron chi connectivity index (χ4n) is 3.76. The van der Waals surface area contributed by atoms with Crippen LogP contribution in [0.15, 0.2) is 113 Å². The minimum atomic E-state index is -4.27. The number of aryl methyl sites for hydroxylation is 2. The van der Waals surface area contributed by atoms with Crippen molar-refractivity contribution in [2.45, 2.75) is 11.8 Å².